The molecule has 0 N–H and O–H groups in total. The van der Waals surface area contributed by atoms with Gasteiger partial charge in [0.05, 0.1) is 11.1 Å². The van der Waals surface area contributed by atoms with Gasteiger partial charge in [0.25, 0.3) is 5.91 Å². The van der Waals surface area contributed by atoms with E-state index in [1.807, 2.05) is 0 Å². The van der Waals surface area contributed by atoms with Crippen molar-refractivity contribution in [3.05, 3.63) is 44.9 Å². The highest BCUT2D eigenvalue weighted by molar-refractivity contribution is 7.11. The molecule has 0 unspecified atom stereocenters. The standard InChI is InChI=1S/C19H17F6N3OS/c20-18(21,22)13-7-12(8-14(9-13)19(23,24)25)17(29)28-5-3-11(4-6-28)16-27-26-15(30-16)10-1-2-10/h7-11H,1-6H2. The summed E-state index contributed by atoms with van der Waals surface area (Å²) in [6, 6.07) is 0.989. The first kappa shape index (κ1) is 21.1. The van der Waals surface area contributed by atoms with Gasteiger partial charge in [-0.05, 0) is 43.9 Å². The number of likely N-dealkylation sites (tertiary alicyclic amines) is 1. The molecule has 0 radical (unpaired) electrons. The summed E-state index contributed by atoms with van der Waals surface area (Å²) < 4.78 is 78.2. The molecule has 162 valence electrons. The molecule has 1 amide bonds. The van der Waals surface area contributed by atoms with E-state index in [9.17, 15) is 31.1 Å². The van der Waals surface area contributed by atoms with Crippen LogP contribution < -0.4 is 0 Å². The molecule has 1 saturated carbocycles. The Labute approximate surface area is 171 Å². The summed E-state index contributed by atoms with van der Waals surface area (Å²) in [5.41, 5.74) is -3.59. The first-order valence-corrected chi connectivity index (χ1v) is 10.3. The van der Waals surface area contributed by atoms with Gasteiger partial charge in [-0.3, -0.25) is 4.79 Å². The zero-order valence-corrected chi connectivity index (χ0v) is 16.4. The van der Waals surface area contributed by atoms with Crippen molar-refractivity contribution in [2.45, 2.75) is 49.9 Å². The van der Waals surface area contributed by atoms with E-state index >= 15 is 0 Å². The van der Waals surface area contributed by atoms with E-state index < -0.39 is 35.0 Å². The molecule has 1 aliphatic heterocycles. The maximum atomic E-state index is 13.0. The van der Waals surface area contributed by atoms with Gasteiger partial charge in [-0.2, -0.15) is 26.3 Å². The summed E-state index contributed by atoms with van der Waals surface area (Å²) in [5.74, 6) is -0.256. The van der Waals surface area contributed by atoms with E-state index in [0.717, 1.165) is 22.9 Å². The zero-order valence-electron chi connectivity index (χ0n) is 15.6. The van der Waals surface area contributed by atoms with Gasteiger partial charge < -0.3 is 4.90 Å². The van der Waals surface area contributed by atoms with E-state index in [2.05, 4.69) is 10.2 Å². The number of aromatic nitrogens is 2. The Kier molecular flexibility index (Phi) is 5.27. The minimum Gasteiger partial charge on any atom is -0.339 e. The molecule has 0 bridgehead atoms. The van der Waals surface area contributed by atoms with Crippen molar-refractivity contribution < 1.29 is 31.1 Å². The van der Waals surface area contributed by atoms with Crippen molar-refractivity contribution in [1.29, 1.82) is 0 Å². The summed E-state index contributed by atoms with van der Waals surface area (Å²) in [4.78, 5) is 14.0. The van der Waals surface area contributed by atoms with Crippen LogP contribution in [-0.2, 0) is 12.4 Å². The van der Waals surface area contributed by atoms with Crippen molar-refractivity contribution >= 4 is 17.2 Å². The lowest BCUT2D eigenvalue weighted by Crippen LogP contribution is -2.38. The Morgan fingerprint density at radius 2 is 1.30 bits per heavy atom. The molecule has 1 saturated heterocycles. The van der Waals surface area contributed by atoms with Gasteiger partial charge in [0.15, 0.2) is 0 Å². The van der Waals surface area contributed by atoms with Crippen molar-refractivity contribution in [3.8, 4) is 0 Å². The average Bonchev–Trinajstić information content (AvgIpc) is 3.42. The lowest BCUT2D eigenvalue weighted by molar-refractivity contribution is -0.143. The Morgan fingerprint density at radius 3 is 1.73 bits per heavy atom. The van der Waals surface area contributed by atoms with Crippen LogP contribution in [0.3, 0.4) is 0 Å². The SMILES string of the molecule is O=C(c1cc(C(F)(F)F)cc(C(F)(F)F)c1)N1CCC(c2nnc(C3CC3)s2)CC1. The molecule has 1 aromatic carbocycles. The first-order chi connectivity index (χ1) is 14.0. The van der Waals surface area contributed by atoms with Crippen LogP contribution in [0.5, 0.6) is 0 Å². The van der Waals surface area contributed by atoms with Gasteiger partial charge in [-0.25, -0.2) is 0 Å². The quantitative estimate of drug-likeness (QED) is 0.584. The maximum absolute atomic E-state index is 13.0. The van der Waals surface area contributed by atoms with E-state index in [-0.39, 0.29) is 25.1 Å². The predicted octanol–water partition coefficient (Wildman–Crippen LogP) is 5.47. The van der Waals surface area contributed by atoms with Crippen LogP contribution in [0.15, 0.2) is 18.2 Å². The molecule has 0 atom stereocenters. The molecular weight excluding hydrogens is 432 g/mol. The number of benzene rings is 1. The summed E-state index contributed by atoms with van der Waals surface area (Å²) in [7, 11) is 0. The Hall–Kier alpha value is -2.17. The number of piperidine rings is 1. The first-order valence-electron chi connectivity index (χ1n) is 9.44. The third-order valence-electron chi connectivity index (χ3n) is 5.35. The Balaban J connectivity index is 1.49. The molecule has 2 aliphatic rings. The van der Waals surface area contributed by atoms with Crippen LogP contribution in [0.25, 0.3) is 0 Å². The highest BCUT2D eigenvalue weighted by Gasteiger charge is 2.38. The largest absolute Gasteiger partial charge is 0.416 e. The maximum Gasteiger partial charge on any atom is 0.416 e. The second kappa shape index (κ2) is 7.51. The second-order valence-corrected chi connectivity index (χ2v) is 8.65. The number of carbonyl (C=O) groups is 1. The fourth-order valence-electron chi connectivity index (χ4n) is 3.50. The molecule has 1 aromatic heterocycles. The van der Waals surface area contributed by atoms with Gasteiger partial charge in [0, 0.05) is 30.5 Å². The summed E-state index contributed by atoms with van der Waals surface area (Å²) in [6.07, 6.45) is -6.68. The van der Waals surface area contributed by atoms with E-state index in [1.54, 1.807) is 11.3 Å². The molecule has 2 aromatic rings. The van der Waals surface area contributed by atoms with Crippen LogP contribution in [0.4, 0.5) is 26.3 Å². The second-order valence-electron chi connectivity index (χ2n) is 7.61. The van der Waals surface area contributed by atoms with Crippen LogP contribution in [0.2, 0.25) is 0 Å². The molecule has 30 heavy (non-hydrogen) atoms. The number of amides is 1. The third kappa shape index (κ3) is 4.45. The molecule has 4 nitrogen and oxygen atoms in total. The van der Waals surface area contributed by atoms with Gasteiger partial charge in [0.1, 0.15) is 10.0 Å². The van der Waals surface area contributed by atoms with E-state index in [0.29, 0.717) is 30.9 Å². The van der Waals surface area contributed by atoms with E-state index in [1.165, 1.54) is 4.90 Å². The lowest BCUT2D eigenvalue weighted by Gasteiger charge is -2.31. The zero-order chi connectivity index (χ0) is 21.7. The molecule has 1 aliphatic carbocycles. The summed E-state index contributed by atoms with van der Waals surface area (Å²) in [6.45, 7) is 0.471. The molecule has 2 heterocycles. The van der Waals surface area contributed by atoms with Crippen LogP contribution in [-0.4, -0.2) is 34.1 Å². The van der Waals surface area contributed by atoms with Crippen LogP contribution >= 0.6 is 11.3 Å². The Morgan fingerprint density at radius 1 is 0.833 bits per heavy atom. The number of hydrogen-bond acceptors (Lipinski definition) is 4. The van der Waals surface area contributed by atoms with Crippen molar-refractivity contribution in [2.75, 3.05) is 13.1 Å². The Bertz CT molecular complexity index is 910. The molecule has 11 heteroatoms. The van der Waals surface area contributed by atoms with Crippen molar-refractivity contribution in [2.24, 2.45) is 0 Å². The molecule has 0 spiro atoms. The average molecular weight is 449 g/mol. The van der Waals surface area contributed by atoms with E-state index in [4.69, 9.17) is 0 Å². The normalized spacial score (nSPS) is 18.7. The summed E-state index contributed by atoms with van der Waals surface area (Å²) >= 11 is 1.55. The van der Waals surface area contributed by atoms with Gasteiger partial charge in [-0.1, -0.05) is 0 Å². The number of halogens is 6. The van der Waals surface area contributed by atoms with Crippen LogP contribution in [0.1, 0.15) is 69.0 Å². The van der Waals surface area contributed by atoms with Crippen molar-refractivity contribution in [3.63, 3.8) is 0 Å². The fraction of sp³-hybridized carbons (Fsp3) is 0.526. The lowest BCUT2D eigenvalue weighted by atomic mass is 9.96. The predicted molar refractivity (Wildman–Crippen MR) is 96.2 cm³/mol. The topological polar surface area (TPSA) is 46.1 Å². The highest BCUT2D eigenvalue weighted by atomic mass is 32.1. The highest BCUT2D eigenvalue weighted by Crippen LogP contribution is 2.43. The molecular formula is C19H17F6N3OS. The fourth-order valence-corrected chi connectivity index (χ4v) is 4.68. The minimum absolute atomic E-state index is 0.0237. The monoisotopic (exact) mass is 449 g/mol. The molecule has 2 fully saturated rings. The summed E-state index contributed by atoms with van der Waals surface area (Å²) in [5, 5.41) is 10.3. The van der Waals surface area contributed by atoms with Crippen LogP contribution in [0, 0.1) is 0 Å². The smallest absolute Gasteiger partial charge is 0.339 e. The number of hydrogen-bond donors (Lipinski definition) is 0. The number of alkyl halides is 6. The van der Waals surface area contributed by atoms with Gasteiger partial charge in [-0.15, -0.1) is 21.5 Å². The number of carbonyl (C=O) groups excluding carboxylic acids is 1. The third-order valence-corrected chi connectivity index (χ3v) is 6.60. The minimum atomic E-state index is -4.99. The number of nitrogens with zero attached hydrogens (tertiary/aromatic N) is 3. The van der Waals surface area contributed by atoms with Gasteiger partial charge in [0.2, 0.25) is 0 Å². The van der Waals surface area contributed by atoms with Crippen molar-refractivity contribution in [1.82, 2.24) is 15.1 Å². The molecule has 4 rings (SSSR count). The van der Waals surface area contributed by atoms with Gasteiger partial charge >= 0.3 is 12.4 Å². The number of rotatable bonds is 3.